The molecular weight excluding hydrogens is 200 g/mol. The molecule has 0 amide bonds. The Morgan fingerprint density at radius 2 is 1.88 bits per heavy atom. The molecule has 0 unspecified atom stereocenters. The summed E-state index contributed by atoms with van der Waals surface area (Å²) in [6, 6.07) is 0.708. The highest BCUT2D eigenvalue weighted by Crippen LogP contribution is 2.30. The first-order valence-electron chi connectivity index (χ1n) is 6.90. The quantitative estimate of drug-likeness (QED) is 0.760. The zero-order valence-electron chi connectivity index (χ0n) is 10.5. The van der Waals surface area contributed by atoms with Crippen LogP contribution in [0.4, 0.5) is 0 Å². The molecule has 1 saturated carbocycles. The zero-order valence-corrected chi connectivity index (χ0v) is 10.5. The largest absolute Gasteiger partial charge is 0.389 e. The predicted molar refractivity (Wildman–Crippen MR) is 66.6 cm³/mol. The van der Waals surface area contributed by atoms with Gasteiger partial charge in [-0.1, -0.05) is 19.8 Å². The van der Waals surface area contributed by atoms with Crippen molar-refractivity contribution in [1.82, 2.24) is 10.2 Å². The van der Waals surface area contributed by atoms with E-state index in [0.29, 0.717) is 6.04 Å². The van der Waals surface area contributed by atoms with Crippen LogP contribution in [0, 0.1) is 0 Å². The Bertz CT molecular complexity index is 206. The van der Waals surface area contributed by atoms with Gasteiger partial charge in [0, 0.05) is 12.6 Å². The molecule has 3 heteroatoms. The van der Waals surface area contributed by atoms with E-state index in [1.807, 2.05) is 0 Å². The van der Waals surface area contributed by atoms with E-state index in [0.717, 1.165) is 39.0 Å². The second-order valence-electron chi connectivity index (χ2n) is 5.54. The van der Waals surface area contributed by atoms with Gasteiger partial charge in [-0.05, 0) is 45.3 Å². The molecular formula is C13H26N2O. The lowest BCUT2D eigenvalue weighted by Gasteiger charge is -2.36. The molecule has 0 aromatic heterocycles. The minimum Gasteiger partial charge on any atom is -0.389 e. The molecule has 16 heavy (non-hydrogen) atoms. The summed E-state index contributed by atoms with van der Waals surface area (Å²) in [5.41, 5.74) is -0.356. The number of aliphatic hydroxyl groups is 1. The van der Waals surface area contributed by atoms with Crippen LogP contribution in [0.3, 0.4) is 0 Å². The molecule has 1 aliphatic carbocycles. The van der Waals surface area contributed by atoms with E-state index in [1.165, 1.54) is 25.7 Å². The molecule has 0 bridgehead atoms. The van der Waals surface area contributed by atoms with Gasteiger partial charge in [-0.3, -0.25) is 0 Å². The molecule has 0 aromatic carbocycles. The van der Waals surface area contributed by atoms with Crippen LogP contribution < -0.4 is 5.32 Å². The normalized spacial score (nSPS) is 27.4. The van der Waals surface area contributed by atoms with E-state index in [9.17, 15) is 5.11 Å². The van der Waals surface area contributed by atoms with Gasteiger partial charge in [0.2, 0.25) is 0 Å². The van der Waals surface area contributed by atoms with Crippen LogP contribution in [-0.2, 0) is 0 Å². The maximum absolute atomic E-state index is 10.4. The highest BCUT2D eigenvalue weighted by Gasteiger charge is 2.33. The summed E-state index contributed by atoms with van der Waals surface area (Å²) in [5, 5.41) is 13.9. The van der Waals surface area contributed by atoms with Crippen molar-refractivity contribution in [1.29, 1.82) is 0 Å². The highest BCUT2D eigenvalue weighted by molar-refractivity contribution is 4.89. The van der Waals surface area contributed by atoms with E-state index >= 15 is 0 Å². The Morgan fingerprint density at radius 3 is 2.44 bits per heavy atom. The van der Waals surface area contributed by atoms with Crippen LogP contribution in [0.5, 0.6) is 0 Å². The lowest BCUT2D eigenvalue weighted by atomic mass is 9.98. The second-order valence-corrected chi connectivity index (χ2v) is 5.54. The number of likely N-dealkylation sites (tertiary alicyclic amines) is 1. The standard InChI is InChI=1S/C13H26N2O/c1-2-14-12-5-9-15(10-6-12)11-13(16)7-3-4-8-13/h12,14,16H,2-11H2,1H3. The van der Waals surface area contributed by atoms with Crippen molar-refractivity contribution >= 4 is 0 Å². The third-order valence-electron chi connectivity index (χ3n) is 4.13. The number of β-amino-alcohol motifs (C(OH)–C–C–N with tert-alkyl or cyclic N) is 1. The molecule has 2 fully saturated rings. The summed E-state index contributed by atoms with van der Waals surface area (Å²) in [6.45, 7) is 6.47. The van der Waals surface area contributed by atoms with Crippen molar-refractivity contribution in [2.75, 3.05) is 26.2 Å². The van der Waals surface area contributed by atoms with E-state index in [2.05, 4.69) is 17.1 Å². The maximum Gasteiger partial charge on any atom is 0.0774 e. The molecule has 1 heterocycles. The first-order chi connectivity index (χ1) is 7.72. The summed E-state index contributed by atoms with van der Waals surface area (Å²) in [7, 11) is 0. The zero-order chi connectivity index (χ0) is 11.4. The van der Waals surface area contributed by atoms with Crippen LogP contribution in [0.15, 0.2) is 0 Å². The first kappa shape index (κ1) is 12.3. The number of piperidine rings is 1. The molecule has 94 valence electrons. The lowest BCUT2D eigenvalue weighted by molar-refractivity contribution is 0.00217. The van der Waals surface area contributed by atoms with Crippen LogP contribution in [-0.4, -0.2) is 47.8 Å². The number of hydrogen-bond donors (Lipinski definition) is 2. The van der Waals surface area contributed by atoms with Crippen molar-refractivity contribution in [2.24, 2.45) is 0 Å². The molecule has 1 saturated heterocycles. The van der Waals surface area contributed by atoms with E-state index in [4.69, 9.17) is 0 Å². The molecule has 0 atom stereocenters. The second kappa shape index (κ2) is 5.48. The fourth-order valence-electron chi connectivity index (χ4n) is 3.19. The van der Waals surface area contributed by atoms with E-state index < -0.39 is 0 Å². The number of rotatable bonds is 4. The Kier molecular flexibility index (Phi) is 4.22. The topological polar surface area (TPSA) is 35.5 Å². The SMILES string of the molecule is CCNC1CCN(CC2(O)CCCC2)CC1. The molecule has 0 radical (unpaired) electrons. The Hall–Kier alpha value is -0.120. The monoisotopic (exact) mass is 226 g/mol. The third kappa shape index (κ3) is 3.19. The van der Waals surface area contributed by atoms with Crippen molar-refractivity contribution in [3.63, 3.8) is 0 Å². The van der Waals surface area contributed by atoms with Gasteiger partial charge in [-0.25, -0.2) is 0 Å². The van der Waals surface area contributed by atoms with Crippen LogP contribution in [0.2, 0.25) is 0 Å². The van der Waals surface area contributed by atoms with Gasteiger partial charge in [0.25, 0.3) is 0 Å². The van der Waals surface area contributed by atoms with Crippen molar-refractivity contribution < 1.29 is 5.11 Å². The van der Waals surface area contributed by atoms with Gasteiger partial charge in [0.05, 0.1) is 5.60 Å². The van der Waals surface area contributed by atoms with Gasteiger partial charge in [-0.15, -0.1) is 0 Å². The number of hydrogen-bond acceptors (Lipinski definition) is 3. The van der Waals surface area contributed by atoms with Crippen LogP contribution >= 0.6 is 0 Å². The van der Waals surface area contributed by atoms with Crippen molar-refractivity contribution in [2.45, 2.75) is 57.1 Å². The summed E-state index contributed by atoms with van der Waals surface area (Å²) >= 11 is 0. The fourth-order valence-corrected chi connectivity index (χ4v) is 3.19. The molecule has 0 spiro atoms. The van der Waals surface area contributed by atoms with Gasteiger partial charge >= 0.3 is 0 Å². The van der Waals surface area contributed by atoms with Gasteiger partial charge in [0.15, 0.2) is 0 Å². The molecule has 0 aromatic rings. The van der Waals surface area contributed by atoms with Gasteiger partial charge < -0.3 is 15.3 Å². The number of nitrogens with one attached hydrogen (secondary N) is 1. The molecule has 1 aliphatic heterocycles. The summed E-state index contributed by atoms with van der Waals surface area (Å²) in [5.74, 6) is 0. The Balaban J connectivity index is 1.72. The minimum atomic E-state index is -0.356. The average molecular weight is 226 g/mol. The molecule has 2 aliphatic rings. The van der Waals surface area contributed by atoms with Gasteiger partial charge in [-0.2, -0.15) is 0 Å². The molecule has 3 nitrogen and oxygen atoms in total. The summed E-state index contributed by atoms with van der Waals surface area (Å²) in [6.07, 6.45) is 6.93. The highest BCUT2D eigenvalue weighted by atomic mass is 16.3. The number of nitrogens with zero attached hydrogens (tertiary/aromatic N) is 1. The van der Waals surface area contributed by atoms with Gasteiger partial charge in [0.1, 0.15) is 0 Å². The summed E-state index contributed by atoms with van der Waals surface area (Å²) in [4.78, 5) is 2.46. The molecule has 2 N–H and O–H groups in total. The maximum atomic E-state index is 10.4. The Labute approximate surface area is 99.2 Å². The summed E-state index contributed by atoms with van der Waals surface area (Å²) < 4.78 is 0. The smallest absolute Gasteiger partial charge is 0.0774 e. The minimum absolute atomic E-state index is 0.356. The van der Waals surface area contributed by atoms with Crippen LogP contribution in [0.1, 0.15) is 45.4 Å². The average Bonchev–Trinajstić information content (AvgIpc) is 2.68. The van der Waals surface area contributed by atoms with Crippen LogP contribution in [0.25, 0.3) is 0 Å². The first-order valence-corrected chi connectivity index (χ1v) is 6.90. The third-order valence-corrected chi connectivity index (χ3v) is 4.13. The van der Waals surface area contributed by atoms with E-state index in [-0.39, 0.29) is 5.60 Å². The molecule has 2 rings (SSSR count). The predicted octanol–water partition coefficient (Wildman–Crippen LogP) is 1.37. The fraction of sp³-hybridized carbons (Fsp3) is 1.00. The van der Waals surface area contributed by atoms with E-state index in [1.54, 1.807) is 0 Å². The Morgan fingerprint density at radius 1 is 1.25 bits per heavy atom. The van der Waals surface area contributed by atoms with Crippen molar-refractivity contribution in [3.8, 4) is 0 Å². The van der Waals surface area contributed by atoms with Crippen molar-refractivity contribution in [3.05, 3.63) is 0 Å². The lowest BCUT2D eigenvalue weighted by Crippen LogP contribution is -2.48.